The van der Waals surface area contributed by atoms with E-state index in [0.29, 0.717) is 5.95 Å². The number of nitrogens with one attached hydrogen (secondary N) is 2. The summed E-state index contributed by atoms with van der Waals surface area (Å²) in [4.78, 5) is 9.91. The minimum absolute atomic E-state index is 0.628. The molecule has 2 heterocycles. The molecule has 4 nitrogen and oxygen atoms in total. The molecule has 0 saturated carbocycles. The minimum Gasteiger partial charge on any atom is -0.357 e. The van der Waals surface area contributed by atoms with Crippen LogP contribution in [0.25, 0.3) is 10.2 Å². The van der Waals surface area contributed by atoms with Crippen molar-refractivity contribution in [3.05, 3.63) is 39.3 Å². The third-order valence-electron chi connectivity index (χ3n) is 2.68. The summed E-state index contributed by atoms with van der Waals surface area (Å²) < 4.78 is 1.16. The van der Waals surface area contributed by atoms with Gasteiger partial charge in [-0.15, -0.1) is 11.3 Å². The molecule has 1 aromatic carbocycles. The average Bonchev–Trinajstić information content (AvgIpc) is 2.89. The summed E-state index contributed by atoms with van der Waals surface area (Å²) in [6, 6.07) is 10.2. The van der Waals surface area contributed by atoms with Gasteiger partial charge in [0.05, 0.1) is 11.1 Å². The monoisotopic (exact) mass is 382 g/mol. The fourth-order valence-electron chi connectivity index (χ4n) is 1.75. The van der Waals surface area contributed by atoms with Crippen molar-refractivity contribution in [2.75, 3.05) is 17.7 Å². The maximum absolute atomic E-state index is 4.50. The quantitative estimate of drug-likeness (QED) is 0.671. The van der Waals surface area contributed by atoms with Crippen LogP contribution in [0.2, 0.25) is 0 Å². The first kappa shape index (κ1) is 12.6. The average molecular weight is 382 g/mol. The molecular formula is C13H11IN4S. The first-order valence-corrected chi connectivity index (χ1v) is 7.68. The van der Waals surface area contributed by atoms with Gasteiger partial charge in [0.15, 0.2) is 0 Å². The number of para-hydroxylation sites is 1. The van der Waals surface area contributed by atoms with E-state index in [1.807, 2.05) is 36.7 Å². The molecule has 2 N–H and O–H groups in total. The van der Waals surface area contributed by atoms with E-state index in [2.05, 4.69) is 49.3 Å². The predicted octanol–water partition coefficient (Wildman–Crippen LogP) is 4.08. The van der Waals surface area contributed by atoms with Gasteiger partial charge in [-0.05, 0) is 46.2 Å². The second-order valence-corrected chi connectivity index (χ2v) is 5.95. The Morgan fingerprint density at radius 2 is 2.00 bits per heavy atom. The van der Waals surface area contributed by atoms with E-state index in [4.69, 9.17) is 0 Å². The van der Waals surface area contributed by atoms with Crippen LogP contribution in [0.1, 0.15) is 0 Å². The topological polar surface area (TPSA) is 49.8 Å². The Kier molecular flexibility index (Phi) is 3.52. The van der Waals surface area contributed by atoms with Crippen LogP contribution in [0.3, 0.4) is 0 Å². The van der Waals surface area contributed by atoms with Crippen LogP contribution >= 0.6 is 33.9 Å². The number of hydrogen-bond acceptors (Lipinski definition) is 5. The van der Waals surface area contributed by atoms with Crippen molar-refractivity contribution in [1.82, 2.24) is 9.97 Å². The molecule has 2 aromatic heterocycles. The molecule has 0 atom stereocenters. The molecule has 0 aliphatic rings. The molecule has 0 radical (unpaired) electrons. The first-order valence-electron chi connectivity index (χ1n) is 5.72. The van der Waals surface area contributed by atoms with Gasteiger partial charge in [-0.2, -0.15) is 4.98 Å². The molecule has 96 valence electrons. The number of fused-ring (bicyclic) bond motifs is 1. The van der Waals surface area contributed by atoms with Crippen LogP contribution in [-0.4, -0.2) is 17.0 Å². The molecule has 6 heteroatoms. The van der Waals surface area contributed by atoms with Crippen molar-refractivity contribution in [3.63, 3.8) is 0 Å². The smallest absolute Gasteiger partial charge is 0.225 e. The Balaban J connectivity index is 2.09. The lowest BCUT2D eigenvalue weighted by Crippen LogP contribution is -2.01. The summed E-state index contributed by atoms with van der Waals surface area (Å²) >= 11 is 3.92. The molecular weight excluding hydrogens is 371 g/mol. The summed E-state index contributed by atoms with van der Waals surface area (Å²) in [5, 5.41) is 9.45. The van der Waals surface area contributed by atoms with Gasteiger partial charge in [0, 0.05) is 10.6 Å². The van der Waals surface area contributed by atoms with Gasteiger partial charge in [0.25, 0.3) is 0 Å². The molecule has 0 saturated heterocycles. The Bertz CT molecular complexity index is 725. The van der Waals surface area contributed by atoms with Gasteiger partial charge in [-0.1, -0.05) is 12.1 Å². The van der Waals surface area contributed by atoms with Crippen molar-refractivity contribution < 1.29 is 0 Å². The zero-order valence-electron chi connectivity index (χ0n) is 10.1. The summed E-state index contributed by atoms with van der Waals surface area (Å²) in [5.41, 5.74) is 1.05. The number of aromatic nitrogens is 2. The van der Waals surface area contributed by atoms with E-state index in [1.54, 1.807) is 11.3 Å². The van der Waals surface area contributed by atoms with Crippen LogP contribution in [0, 0.1) is 3.57 Å². The Morgan fingerprint density at radius 3 is 2.79 bits per heavy atom. The second-order valence-electron chi connectivity index (χ2n) is 3.89. The highest BCUT2D eigenvalue weighted by Crippen LogP contribution is 2.29. The molecule has 3 aromatic rings. The first-order chi connectivity index (χ1) is 9.28. The lowest BCUT2D eigenvalue weighted by molar-refractivity contribution is 1.20. The van der Waals surface area contributed by atoms with Gasteiger partial charge in [-0.25, -0.2) is 4.98 Å². The van der Waals surface area contributed by atoms with Gasteiger partial charge in [0.2, 0.25) is 5.95 Å². The van der Waals surface area contributed by atoms with E-state index in [-0.39, 0.29) is 0 Å². The zero-order chi connectivity index (χ0) is 13.2. The highest BCUT2D eigenvalue weighted by atomic mass is 127. The molecule has 0 fully saturated rings. The normalized spacial score (nSPS) is 10.6. The Hall–Kier alpha value is -1.41. The molecule has 19 heavy (non-hydrogen) atoms. The number of nitrogens with zero attached hydrogens (tertiary/aromatic N) is 2. The van der Waals surface area contributed by atoms with E-state index < -0.39 is 0 Å². The standard InChI is InChI=1S/C13H11IN4S/c1-15-13-17-11(8-6-7-19-12(8)18-13)16-10-5-3-2-4-9(10)14/h2-7H,1H3,(H2,15,16,17,18). The number of hydrogen-bond donors (Lipinski definition) is 2. The molecule has 0 unspecified atom stereocenters. The van der Waals surface area contributed by atoms with Gasteiger partial charge in [0.1, 0.15) is 10.6 Å². The third-order valence-corrected chi connectivity index (χ3v) is 4.42. The number of benzene rings is 1. The van der Waals surface area contributed by atoms with E-state index in [9.17, 15) is 0 Å². The van der Waals surface area contributed by atoms with Crippen LogP contribution < -0.4 is 10.6 Å². The summed E-state index contributed by atoms with van der Waals surface area (Å²) in [6.07, 6.45) is 0. The summed E-state index contributed by atoms with van der Waals surface area (Å²) in [6.45, 7) is 0. The molecule has 0 spiro atoms. The molecule has 0 amide bonds. The van der Waals surface area contributed by atoms with Crippen molar-refractivity contribution in [2.45, 2.75) is 0 Å². The molecule has 0 bridgehead atoms. The predicted molar refractivity (Wildman–Crippen MR) is 89.4 cm³/mol. The summed E-state index contributed by atoms with van der Waals surface area (Å²) in [5.74, 6) is 1.46. The maximum Gasteiger partial charge on any atom is 0.225 e. The minimum atomic E-state index is 0.628. The van der Waals surface area contributed by atoms with Crippen molar-refractivity contribution in [2.24, 2.45) is 0 Å². The molecule has 0 aliphatic carbocycles. The second kappa shape index (κ2) is 5.30. The van der Waals surface area contributed by atoms with Crippen molar-refractivity contribution in [1.29, 1.82) is 0 Å². The van der Waals surface area contributed by atoms with Crippen LogP contribution in [0.15, 0.2) is 35.7 Å². The number of thiophene rings is 1. The van der Waals surface area contributed by atoms with Crippen molar-refractivity contribution in [3.8, 4) is 0 Å². The molecule has 0 aliphatic heterocycles. The Labute approximate surface area is 128 Å². The fraction of sp³-hybridized carbons (Fsp3) is 0.0769. The summed E-state index contributed by atoms with van der Waals surface area (Å²) in [7, 11) is 1.82. The van der Waals surface area contributed by atoms with Gasteiger partial charge in [-0.3, -0.25) is 0 Å². The third kappa shape index (κ3) is 2.50. The number of anilines is 3. The largest absolute Gasteiger partial charge is 0.357 e. The molecule has 3 rings (SSSR count). The van der Waals surface area contributed by atoms with Crippen LogP contribution in [0.4, 0.5) is 17.5 Å². The van der Waals surface area contributed by atoms with Gasteiger partial charge < -0.3 is 10.6 Å². The van der Waals surface area contributed by atoms with Crippen LogP contribution in [-0.2, 0) is 0 Å². The van der Waals surface area contributed by atoms with E-state index in [0.717, 1.165) is 25.3 Å². The number of halogens is 1. The Morgan fingerprint density at radius 1 is 1.16 bits per heavy atom. The maximum atomic E-state index is 4.50. The number of rotatable bonds is 3. The SMILES string of the molecule is CNc1nc(Nc2ccccc2I)c2ccsc2n1. The highest BCUT2D eigenvalue weighted by Gasteiger charge is 2.09. The van der Waals surface area contributed by atoms with E-state index in [1.165, 1.54) is 0 Å². The van der Waals surface area contributed by atoms with Gasteiger partial charge >= 0.3 is 0 Å². The fourth-order valence-corrected chi connectivity index (χ4v) is 3.04. The van der Waals surface area contributed by atoms with Crippen molar-refractivity contribution >= 4 is 61.6 Å². The lowest BCUT2D eigenvalue weighted by atomic mass is 10.3. The lowest BCUT2D eigenvalue weighted by Gasteiger charge is -2.10. The van der Waals surface area contributed by atoms with E-state index >= 15 is 0 Å². The highest BCUT2D eigenvalue weighted by molar-refractivity contribution is 14.1. The zero-order valence-corrected chi connectivity index (χ0v) is 13.1. The van der Waals surface area contributed by atoms with Crippen LogP contribution in [0.5, 0.6) is 0 Å².